The molecule has 0 saturated carbocycles. The van der Waals surface area contributed by atoms with E-state index in [1.807, 2.05) is 59.5 Å². The number of fused-ring (bicyclic) bond motifs is 1. The lowest BCUT2D eigenvalue weighted by Crippen LogP contribution is -2.43. The molecule has 1 N–H and O–H groups in total. The van der Waals surface area contributed by atoms with Gasteiger partial charge in [-0.15, -0.1) is 0 Å². The lowest BCUT2D eigenvalue weighted by molar-refractivity contribution is -0.143. The number of carbonyl (C=O) groups is 2. The second-order valence-electron chi connectivity index (χ2n) is 6.13. The molecule has 3 rings (SSSR count). The predicted octanol–water partition coefficient (Wildman–Crippen LogP) is 3.01. The number of benzene rings is 2. The molecule has 130 valence electrons. The Bertz CT molecular complexity index is 746. The number of ether oxygens (including phenoxy) is 1. The summed E-state index contributed by atoms with van der Waals surface area (Å²) in [5.41, 5.74) is 2.73. The van der Waals surface area contributed by atoms with Crippen LogP contribution in [0.2, 0.25) is 0 Å². The summed E-state index contributed by atoms with van der Waals surface area (Å²) in [6.45, 7) is 2.55. The summed E-state index contributed by atoms with van der Waals surface area (Å²) in [4.78, 5) is 26.3. The number of para-hydroxylation sites is 2. The van der Waals surface area contributed by atoms with E-state index in [0.29, 0.717) is 13.0 Å². The largest absolute Gasteiger partial charge is 0.459 e. The number of hydrogen-bond donors (Lipinski definition) is 1. The molecule has 25 heavy (non-hydrogen) atoms. The van der Waals surface area contributed by atoms with Crippen molar-refractivity contribution in [2.45, 2.75) is 26.0 Å². The van der Waals surface area contributed by atoms with Crippen molar-refractivity contribution >= 4 is 23.1 Å². The number of rotatable bonds is 5. The van der Waals surface area contributed by atoms with Gasteiger partial charge in [-0.05, 0) is 31.0 Å². The molecule has 5 nitrogen and oxygen atoms in total. The van der Waals surface area contributed by atoms with Crippen molar-refractivity contribution in [1.29, 1.82) is 0 Å². The van der Waals surface area contributed by atoms with Crippen LogP contribution >= 0.6 is 0 Å². The normalized spacial score (nSPS) is 16.4. The molecule has 0 fully saturated rings. The molecule has 1 aliphatic rings. The Morgan fingerprint density at radius 2 is 1.84 bits per heavy atom. The highest BCUT2D eigenvalue weighted by molar-refractivity contribution is 5.90. The number of nitrogens with zero attached hydrogens (tertiary/aromatic N) is 1. The standard InChI is InChI=1S/C20H22N2O3/c1-15(23)18-11-12-21-17-9-5-6-10-19(17)22(18)13-20(24)25-14-16-7-3-2-4-8-16/h2-10,18,21H,11-14H2,1H3. The first-order valence-electron chi connectivity index (χ1n) is 8.44. The van der Waals surface area contributed by atoms with Gasteiger partial charge in [0, 0.05) is 6.54 Å². The Hall–Kier alpha value is -2.82. The second kappa shape index (κ2) is 7.83. The molecule has 2 aromatic carbocycles. The summed E-state index contributed by atoms with van der Waals surface area (Å²) in [5, 5.41) is 3.33. The SMILES string of the molecule is CC(=O)C1CCNc2ccccc2N1CC(=O)OCc1ccccc1. The van der Waals surface area contributed by atoms with Gasteiger partial charge in [-0.3, -0.25) is 9.59 Å². The van der Waals surface area contributed by atoms with Crippen LogP contribution in [-0.4, -0.2) is 30.9 Å². The zero-order valence-electron chi connectivity index (χ0n) is 14.3. The molecule has 0 spiro atoms. The van der Waals surface area contributed by atoms with Crippen molar-refractivity contribution < 1.29 is 14.3 Å². The Morgan fingerprint density at radius 3 is 2.60 bits per heavy atom. The van der Waals surface area contributed by atoms with Crippen LogP contribution in [0.15, 0.2) is 54.6 Å². The number of Topliss-reactive ketones (excluding diaryl/α,β-unsaturated/α-hetero) is 1. The quantitative estimate of drug-likeness (QED) is 0.849. The number of nitrogens with one attached hydrogen (secondary N) is 1. The lowest BCUT2D eigenvalue weighted by Gasteiger charge is -2.30. The smallest absolute Gasteiger partial charge is 0.325 e. The average Bonchev–Trinajstić information content (AvgIpc) is 2.81. The van der Waals surface area contributed by atoms with E-state index in [-0.39, 0.29) is 30.9 Å². The minimum atomic E-state index is -0.341. The molecule has 0 radical (unpaired) electrons. The number of hydrogen-bond acceptors (Lipinski definition) is 5. The van der Waals surface area contributed by atoms with Crippen molar-refractivity contribution in [2.24, 2.45) is 0 Å². The Morgan fingerprint density at radius 1 is 1.12 bits per heavy atom. The van der Waals surface area contributed by atoms with Crippen molar-refractivity contribution in [3.8, 4) is 0 Å². The van der Waals surface area contributed by atoms with Gasteiger partial charge >= 0.3 is 5.97 Å². The first kappa shape index (κ1) is 17.0. The molecule has 0 bridgehead atoms. The van der Waals surface area contributed by atoms with E-state index in [0.717, 1.165) is 16.9 Å². The van der Waals surface area contributed by atoms with Crippen molar-refractivity contribution in [2.75, 3.05) is 23.3 Å². The summed E-state index contributed by atoms with van der Waals surface area (Å²) in [6.07, 6.45) is 0.649. The summed E-state index contributed by atoms with van der Waals surface area (Å²) >= 11 is 0. The lowest BCUT2D eigenvalue weighted by atomic mass is 10.1. The van der Waals surface area contributed by atoms with E-state index < -0.39 is 0 Å². The van der Waals surface area contributed by atoms with E-state index in [4.69, 9.17) is 4.74 Å². The van der Waals surface area contributed by atoms with Gasteiger partial charge < -0.3 is 15.0 Å². The highest BCUT2D eigenvalue weighted by atomic mass is 16.5. The third-order valence-corrected chi connectivity index (χ3v) is 4.33. The Balaban J connectivity index is 1.75. The molecule has 1 atom stereocenters. The fourth-order valence-corrected chi connectivity index (χ4v) is 3.08. The van der Waals surface area contributed by atoms with Crippen LogP contribution in [0, 0.1) is 0 Å². The summed E-state index contributed by atoms with van der Waals surface area (Å²) < 4.78 is 5.40. The van der Waals surface area contributed by atoms with Crippen molar-refractivity contribution in [3.63, 3.8) is 0 Å². The van der Waals surface area contributed by atoms with Crippen LogP contribution in [0.5, 0.6) is 0 Å². The molecule has 0 aliphatic carbocycles. The molecular formula is C20H22N2O3. The zero-order valence-corrected chi connectivity index (χ0v) is 14.3. The summed E-state index contributed by atoms with van der Waals surface area (Å²) in [6, 6.07) is 17.0. The molecule has 0 saturated heterocycles. The summed E-state index contributed by atoms with van der Waals surface area (Å²) in [7, 11) is 0. The van der Waals surface area contributed by atoms with Gasteiger partial charge in [-0.2, -0.15) is 0 Å². The van der Waals surface area contributed by atoms with Crippen molar-refractivity contribution in [1.82, 2.24) is 0 Å². The third-order valence-electron chi connectivity index (χ3n) is 4.33. The van der Waals surface area contributed by atoms with E-state index in [1.165, 1.54) is 0 Å². The van der Waals surface area contributed by atoms with Crippen LogP contribution in [0.25, 0.3) is 0 Å². The van der Waals surface area contributed by atoms with E-state index in [9.17, 15) is 9.59 Å². The molecule has 0 aromatic heterocycles. The number of esters is 1. The maximum absolute atomic E-state index is 12.4. The van der Waals surface area contributed by atoms with Crippen LogP contribution < -0.4 is 10.2 Å². The van der Waals surface area contributed by atoms with Crippen molar-refractivity contribution in [3.05, 3.63) is 60.2 Å². The zero-order chi connectivity index (χ0) is 17.6. The Kier molecular flexibility index (Phi) is 5.33. The molecule has 2 aromatic rings. The maximum atomic E-state index is 12.4. The topological polar surface area (TPSA) is 58.6 Å². The summed E-state index contributed by atoms with van der Waals surface area (Å²) in [5.74, 6) is -0.291. The molecule has 1 aliphatic heterocycles. The maximum Gasteiger partial charge on any atom is 0.325 e. The van der Waals surface area contributed by atoms with Crippen LogP contribution in [0.4, 0.5) is 11.4 Å². The van der Waals surface area contributed by atoms with Gasteiger partial charge in [0.15, 0.2) is 5.78 Å². The third kappa shape index (κ3) is 4.18. The van der Waals surface area contributed by atoms with E-state index in [1.54, 1.807) is 6.92 Å². The van der Waals surface area contributed by atoms with Crippen LogP contribution in [0.1, 0.15) is 18.9 Å². The van der Waals surface area contributed by atoms with Gasteiger partial charge in [0.05, 0.1) is 17.4 Å². The first-order valence-corrected chi connectivity index (χ1v) is 8.44. The first-order chi connectivity index (χ1) is 12.1. The van der Waals surface area contributed by atoms with Gasteiger partial charge in [0.25, 0.3) is 0 Å². The minimum absolute atomic E-state index is 0.0503. The number of ketones is 1. The fraction of sp³-hybridized carbons (Fsp3) is 0.300. The minimum Gasteiger partial charge on any atom is -0.459 e. The molecular weight excluding hydrogens is 316 g/mol. The average molecular weight is 338 g/mol. The van der Waals surface area contributed by atoms with Gasteiger partial charge in [0.2, 0.25) is 0 Å². The molecule has 1 heterocycles. The van der Waals surface area contributed by atoms with Gasteiger partial charge in [-0.1, -0.05) is 42.5 Å². The number of carbonyl (C=O) groups excluding carboxylic acids is 2. The van der Waals surface area contributed by atoms with E-state index >= 15 is 0 Å². The highest BCUT2D eigenvalue weighted by Gasteiger charge is 2.29. The Labute approximate surface area is 147 Å². The van der Waals surface area contributed by atoms with Crippen LogP contribution in [0.3, 0.4) is 0 Å². The molecule has 0 amide bonds. The number of anilines is 2. The monoisotopic (exact) mass is 338 g/mol. The van der Waals surface area contributed by atoms with Gasteiger partial charge in [0.1, 0.15) is 13.2 Å². The second-order valence-corrected chi connectivity index (χ2v) is 6.13. The highest BCUT2D eigenvalue weighted by Crippen LogP contribution is 2.31. The molecule has 5 heteroatoms. The van der Waals surface area contributed by atoms with Crippen LogP contribution in [-0.2, 0) is 20.9 Å². The predicted molar refractivity (Wildman–Crippen MR) is 97.6 cm³/mol. The van der Waals surface area contributed by atoms with Gasteiger partial charge in [-0.25, -0.2) is 0 Å². The fourth-order valence-electron chi connectivity index (χ4n) is 3.08. The molecule has 1 unspecified atom stereocenters. The van der Waals surface area contributed by atoms with E-state index in [2.05, 4.69) is 5.32 Å².